The Bertz CT molecular complexity index is 624. The van der Waals surface area contributed by atoms with Crippen LogP contribution in [0.25, 0.3) is 0 Å². The lowest BCUT2D eigenvalue weighted by molar-refractivity contribution is -0.148. The molecule has 2 heterocycles. The Balaban J connectivity index is 1.65. The van der Waals surface area contributed by atoms with Gasteiger partial charge in [-0.15, -0.1) is 0 Å². The van der Waals surface area contributed by atoms with Gasteiger partial charge in [0.2, 0.25) is 5.91 Å². The molecule has 2 saturated heterocycles. The van der Waals surface area contributed by atoms with Gasteiger partial charge >= 0.3 is 0 Å². The highest BCUT2D eigenvalue weighted by molar-refractivity contribution is 6.30. The van der Waals surface area contributed by atoms with E-state index in [1.54, 1.807) is 29.2 Å². The van der Waals surface area contributed by atoms with Gasteiger partial charge in [0, 0.05) is 36.8 Å². The molecule has 1 aromatic carbocycles. The Labute approximate surface area is 153 Å². The predicted octanol–water partition coefficient (Wildman–Crippen LogP) is 2.83. The van der Waals surface area contributed by atoms with E-state index in [1.807, 2.05) is 18.7 Å². The van der Waals surface area contributed by atoms with E-state index in [9.17, 15) is 9.59 Å². The van der Waals surface area contributed by atoms with Crippen molar-refractivity contribution in [2.45, 2.75) is 38.9 Å². The van der Waals surface area contributed by atoms with Crippen molar-refractivity contribution < 1.29 is 14.3 Å². The summed E-state index contributed by atoms with van der Waals surface area (Å²) >= 11 is 5.89. The fourth-order valence-corrected chi connectivity index (χ4v) is 3.88. The van der Waals surface area contributed by atoms with E-state index in [2.05, 4.69) is 0 Å². The zero-order valence-electron chi connectivity index (χ0n) is 14.8. The highest BCUT2D eigenvalue weighted by Gasteiger charge is 2.34. The molecule has 2 fully saturated rings. The first kappa shape index (κ1) is 18.2. The smallest absolute Gasteiger partial charge is 0.253 e. The summed E-state index contributed by atoms with van der Waals surface area (Å²) < 4.78 is 5.71. The molecule has 0 bridgehead atoms. The number of rotatable bonds is 2. The highest BCUT2D eigenvalue weighted by Crippen LogP contribution is 2.23. The number of carbonyl (C=O) groups is 2. The quantitative estimate of drug-likeness (QED) is 0.810. The zero-order valence-corrected chi connectivity index (χ0v) is 15.5. The van der Waals surface area contributed by atoms with Gasteiger partial charge in [-0.1, -0.05) is 11.6 Å². The van der Waals surface area contributed by atoms with E-state index in [0.717, 1.165) is 12.8 Å². The molecule has 1 aromatic rings. The van der Waals surface area contributed by atoms with Crippen LogP contribution >= 0.6 is 11.6 Å². The van der Waals surface area contributed by atoms with E-state index in [-0.39, 0.29) is 29.9 Å². The summed E-state index contributed by atoms with van der Waals surface area (Å²) in [6.45, 7) is 6.43. The summed E-state index contributed by atoms with van der Waals surface area (Å²) in [5, 5.41) is 0.610. The number of ether oxygens (including phenoxy) is 1. The van der Waals surface area contributed by atoms with Crippen molar-refractivity contribution in [1.82, 2.24) is 9.80 Å². The number of hydrogen-bond donors (Lipinski definition) is 0. The van der Waals surface area contributed by atoms with Gasteiger partial charge in [-0.25, -0.2) is 0 Å². The van der Waals surface area contributed by atoms with E-state index in [4.69, 9.17) is 16.3 Å². The third kappa shape index (κ3) is 4.33. The number of piperidine rings is 1. The van der Waals surface area contributed by atoms with Gasteiger partial charge in [0.25, 0.3) is 5.91 Å². The molecule has 0 saturated carbocycles. The Morgan fingerprint density at radius 2 is 1.68 bits per heavy atom. The number of benzene rings is 1. The van der Waals surface area contributed by atoms with Crippen molar-refractivity contribution >= 4 is 23.4 Å². The predicted molar refractivity (Wildman–Crippen MR) is 96.7 cm³/mol. The number of likely N-dealkylation sites (tertiary alicyclic amines) is 1. The van der Waals surface area contributed by atoms with Crippen LogP contribution in [-0.4, -0.2) is 60.0 Å². The number of halogens is 1. The van der Waals surface area contributed by atoms with Crippen LogP contribution in [0.15, 0.2) is 24.3 Å². The van der Waals surface area contributed by atoms with E-state index in [0.29, 0.717) is 36.8 Å². The summed E-state index contributed by atoms with van der Waals surface area (Å²) in [6.07, 6.45) is 1.81. The summed E-state index contributed by atoms with van der Waals surface area (Å²) in [6, 6.07) is 6.92. The number of carbonyl (C=O) groups excluding carboxylic acids is 2. The molecule has 0 aliphatic carbocycles. The minimum Gasteiger partial charge on any atom is -0.372 e. The molecule has 5 nitrogen and oxygen atoms in total. The minimum absolute atomic E-state index is 0.0297. The molecule has 25 heavy (non-hydrogen) atoms. The number of hydrogen-bond acceptors (Lipinski definition) is 3. The Hall–Kier alpha value is -1.59. The molecular formula is C19H25ClN2O3. The highest BCUT2D eigenvalue weighted by atomic mass is 35.5. The molecule has 0 unspecified atom stereocenters. The van der Waals surface area contributed by atoms with E-state index in [1.165, 1.54) is 0 Å². The van der Waals surface area contributed by atoms with Crippen LogP contribution in [0, 0.1) is 5.92 Å². The topological polar surface area (TPSA) is 49.9 Å². The fourth-order valence-electron chi connectivity index (χ4n) is 3.75. The number of morpholine rings is 1. The van der Waals surface area contributed by atoms with Gasteiger partial charge in [0.05, 0.1) is 18.1 Å². The standard InChI is InChI=1S/C19H25ClN2O3/c1-13-10-22(11-14(2)25-13)19(24)16-4-3-9-21(12-16)18(23)15-5-7-17(20)8-6-15/h5-8,13-14,16H,3-4,9-12H2,1-2H3/t13-,14-,16+/m1/s1. The molecule has 0 radical (unpaired) electrons. The third-order valence-corrected chi connectivity index (χ3v) is 5.13. The van der Waals surface area contributed by atoms with Crippen molar-refractivity contribution in [3.63, 3.8) is 0 Å². The van der Waals surface area contributed by atoms with Crippen LogP contribution in [0.5, 0.6) is 0 Å². The average Bonchev–Trinajstić information content (AvgIpc) is 2.60. The molecule has 3 rings (SSSR count). The Kier molecular flexibility index (Phi) is 5.64. The van der Waals surface area contributed by atoms with E-state index >= 15 is 0 Å². The van der Waals surface area contributed by atoms with Crippen LogP contribution in [-0.2, 0) is 9.53 Å². The molecule has 2 aliphatic rings. The lowest BCUT2D eigenvalue weighted by Crippen LogP contribution is -2.53. The van der Waals surface area contributed by atoms with Crippen LogP contribution < -0.4 is 0 Å². The molecular weight excluding hydrogens is 340 g/mol. The van der Waals surface area contributed by atoms with Crippen LogP contribution in [0.1, 0.15) is 37.0 Å². The number of nitrogens with zero attached hydrogens (tertiary/aromatic N) is 2. The summed E-state index contributed by atoms with van der Waals surface area (Å²) in [7, 11) is 0. The average molecular weight is 365 g/mol. The summed E-state index contributed by atoms with van der Waals surface area (Å²) in [5.74, 6) is -0.00372. The summed E-state index contributed by atoms with van der Waals surface area (Å²) in [5.41, 5.74) is 0.617. The molecule has 3 atom stereocenters. The Morgan fingerprint density at radius 1 is 1.04 bits per heavy atom. The van der Waals surface area contributed by atoms with Gasteiger partial charge in [-0.05, 0) is 51.0 Å². The van der Waals surface area contributed by atoms with Crippen LogP contribution in [0.4, 0.5) is 0 Å². The van der Waals surface area contributed by atoms with E-state index < -0.39 is 0 Å². The normalized spacial score (nSPS) is 27.2. The molecule has 2 aliphatic heterocycles. The maximum absolute atomic E-state index is 12.9. The second-order valence-electron chi connectivity index (χ2n) is 7.10. The Morgan fingerprint density at radius 3 is 2.32 bits per heavy atom. The summed E-state index contributed by atoms with van der Waals surface area (Å²) in [4.78, 5) is 29.3. The number of amides is 2. The molecule has 0 N–H and O–H groups in total. The van der Waals surface area contributed by atoms with Crippen molar-refractivity contribution in [2.24, 2.45) is 5.92 Å². The lowest BCUT2D eigenvalue weighted by atomic mass is 9.95. The van der Waals surface area contributed by atoms with Gasteiger partial charge in [-0.2, -0.15) is 0 Å². The molecule has 6 heteroatoms. The maximum atomic E-state index is 12.9. The van der Waals surface area contributed by atoms with Gasteiger partial charge in [-0.3, -0.25) is 9.59 Å². The molecule has 0 spiro atoms. The minimum atomic E-state index is -0.123. The molecule has 2 amide bonds. The SMILES string of the molecule is C[C@@H]1CN(C(=O)[C@H]2CCCN(C(=O)c3ccc(Cl)cc3)C2)C[C@@H](C)O1. The first-order valence-electron chi connectivity index (χ1n) is 8.93. The molecule has 136 valence electrons. The first-order valence-corrected chi connectivity index (χ1v) is 9.31. The second kappa shape index (κ2) is 7.75. The van der Waals surface area contributed by atoms with Gasteiger partial charge in [0.15, 0.2) is 0 Å². The lowest BCUT2D eigenvalue weighted by Gasteiger charge is -2.39. The van der Waals surface area contributed by atoms with Crippen molar-refractivity contribution in [3.8, 4) is 0 Å². The van der Waals surface area contributed by atoms with Gasteiger partial charge < -0.3 is 14.5 Å². The monoisotopic (exact) mass is 364 g/mol. The van der Waals surface area contributed by atoms with Crippen molar-refractivity contribution in [1.29, 1.82) is 0 Å². The van der Waals surface area contributed by atoms with Gasteiger partial charge in [0.1, 0.15) is 0 Å². The fraction of sp³-hybridized carbons (Fsp3) is 0.579. The second-order valence-corrected chi connectivity index (χ2v) is 7.53. The zero-order chi connectivity index (χ0) is 18.0. The largest absolute Gasteiger partial charge is 0.372 e. The third-order valence-electron chi connectivity index (χ3n) is 4.88. The van der Waals surface area contributed by atoms with Crippen molar-refractivity contribution in [2.75, 3.05) is 26.2 Å². The first-order chi connectivity index (χ1) is 11.9. The molecule has 0 aromatic heterocycles. The van der Waals surface area contributed by atoms with Crippen LogP contribution in [0.3, 0.4) is 0 Å². The maximum Gasteiger partial charge on any atom is 0.253 e. The van der Waals surface area contributed by atoms with Crippen molar-refractivity contribution in [3.05, 3.63) is 34.9 Å². The van der Waals surface area contributed by atoms with Crippen LogP contribution in [0.2, 0.25) is 5.02 Å².